The summed E-state index contributed by atoms with van der Waals surface area (Å²) in [5.74, 6) is -0.180. The third-order valence-corrected chi connectivity index (χ3v) is 2.58. The van der Waals surface area contributed by atoms with Crippen LogP contribution < -0.4 is 5.32 Å². The summed E-state index contributed by atoms with van der Waals surface area (Å²) in [6.45, 7) is 0. The fourth-order valence-electron chi connectivity index (χ4n) is 1.63. The minimum atomic E-state index is -2.78. The molecule has 1 N–H and O–H groups in total. The largest absolute Gasteiger partial charge is 0.415 e. The van der Waals surface area contributed by atoms with Crippen molar-refractivity contribution in [1.82, 2.24) is 20.2 Å². The van der Waals surface area contributed by atoms with Crippen molar-refractivity contribution in [3.05, 3.63) is 48.6 Å². The summed E-state index contributed by atoms with van der Waals surface area (Å²) in [6, 6.07) is 8.53. The summed E-state index contributed by atoms with van der Waals surface area (Å²) >= 11 is 0. The van der Waals surface area contributed by atoms with Gasteiger partial charge in [-0.1, -0.05) is 0 Å². The summed E-state index contributed by atoms with van der Waals surface area (Å²) in [7, 11) is 0. The number of halogens is 2. The number of rotatable bonds is 4. The second kappa shape index (κ2) is 5.61. The Balaban J connectivity index is 1.77. The van der Waals surface area contributed by atoms with Crippen LogP contribution in [0.15, 0.2) is 47.1 Å². The lowest BCUT2D eigenvalue weighted by molar-refractivity contribution is 0.116. The highest BCUT2D eigenvalue weighted by Gasteiger charge is 2.16. The summed E-state index contributed by atoms with van der Waals surface area (Å²) in [5, 5.41) is 9.86. The molecule has 6 nitrogen and oxygen atoms in total. The Hall–Kier alpha value is -2.90. The number of aromatic nitrogens is 4. The van der Waals surface area contributed by atoms with Crippen LogP contribution in [0.25, 0.3) is 11.5 Å². The molecule has 8 heteroatoms. The van der Waals surface area contributed by atoms with Crippen molar-refractivity contribution in [1.29, 1.82) is 0 Å². The topological polar surface area (TPSA) is 76.7 Å². The number of nitrogens with one attached hydrogen (secondary N) is 1. The molecule has 2 aromatic heterocycles. The first-order chi connectivity index (χ1) is 10.2. The minimum absolute atomic E-state index is 0.0489. The van der Waals surface area contributed by atoms with E-state index in [4.69, 9.17) is 4.42 Å². The molecule has 0 aliphatic carbocycles. The Kier molecular flexibility index (Phi) is 3.50. The lowest BCUT2D eigenvalue weighted by Crippen LogP contribution is -1.95. The molecule has 0 aliphatic heterocycles. The van der Waals surface area contributed by atoms with Crippen LogP contribution in [-0.4, -0.2) is 20.2 Å². The standard InChI is InChI=1S/C13H9F2N5O/c14-10(15)12-20-19-11(21-12)8-2-4-9(5-3-8)18-13-16-6-1-7-17-13/h1-7,10H,(H,16,17,18). The van der Waals surface area contributed by atoms with Gasteiger partial charge in [-0.15, -0.1) is 10.2 Å². The van der Waals surface area contributed by atoms with Gasteiger partial charge in [0.05, 0.1) is 0 Å². The maximum absolute atomic E-state index is 12.4. The Morgan fingerprint density at radius 3 is 2.33 bits per heavy atom. The summed E-state index contributed by atoms with van der Waals surface area (Å²) in [6.07, 6.45) is 0.463. The van der Waals surface area contributed by atoms with E-state index in [1.54, 1.807) is 42.7 Å². The van der Waals surface area contributed by atoms with Crippen LogP contribution in [0.1, 0.15) is 12.3 Å². The predicted molar refractivity (Wildman–Crippen MR) is 70.0 cm³/mol. The quantitative estimate of drug-likeness (QED) is 0.794. The van der Waals surface area contributed by atoms with Gasteiger partial charge < -0.3 is 9.73 Å². The van der Waals surface area contributed by atoms with Gasteiger partial charge in [0, 0.05) is 23.6 Å². The highest BCUT2D eigenvalue weighted by atomic mass is 19.3. The van der Waals surface area contributed by atoms with Crippen molar-refractivity contribution in [3.8, 4) is 11.5 Å². The summed E-state index contributed by atoms with van der Waals surface area (Å²) < 4.78 is 29.6. The first kappa shape index (κ1) is 13.1. The highest BCUT2D eigenvalue weighted by molar-refractivity contribution is 5.61. The van der Waals surface area contributed by atoms with Gasteiger partial charge in [0.25, 0.3) is 5.89 Å². The van der Waals surface area contributed by atoms with E-state index in [0.29, 0.717) is 11.5 Å². The minimum Gasteiger partial charge on any atom is -0.415 e. The van der Waals surface area contributed by atoms with Gasteiger partial charge in [0.2, 0.25) is 11.8 Å². The van der Waals surface area contributed by atoms with Gasteiger partial charge >= 0.3 is 6.43 Å². The monoisotopic (exact) mass is 289 g/mol. The molecule has 2 heterocycles. The molecular formula is C13H9F2N5O. The fourth-order valence-corrected chi connectivity index (χ4v) is 1.63. The molecule has 106 valence electrons. The van der Waals surface area contributed by atoms with Crippen molar-refractivity contribution < 1.29 is 13.2 Å². The van der Waals surface area contributed by atoms with Crippen molar-refractivity contribution in [2.75, 3.05) is 5.32 Å². The Morgan fingerprint density at radius 2 is 1.71 bits per heavy atom. The van der Waals surface area contributed by atoms with E-state index in [1.165, 1.54) is 0 Å². The smallest absolute Gasteiger partial charge is 0.314 e. The van der Waals surface area contributed by atoms with Gasteiger partial charge in [0.1, 0.15) is 0 Å². The van der Waals surface area contributed by atoms with Crippen LogP contribution in [0.4, 0.5) is 20.4 Å². The number of hydrogen-bond acceptors (Lipinski definition) is 6. The van der Waals surface area contributed by atoms with Crippen molar-refractivity contribution >= 4 is 11.6 Å². The maximum atomic E-state index is 12.4. The molecule has 0 spiro atoms. The van der Waals surface area contributed by atoms with Gasteiger partial charge in [-0.25, -0.2) is 9.97 Å². The molecule has 0 radical (unpaired) electrons. The molecule has 0 saturated heterocycles. The van der Waals surface area contributed by atoms with Gasteiger partial charge in [-0.05, 0) is 30.3 Å². The van der Waals surface area contributed by atoms with Crippen molar-refractivity contribution in [3.63, 3.8) is 0 Å². The highest BCUT2D eigenvalue weighted by Crippen LogP contribution is 2.24. The number of anilines is 2. The third kappa shape index (κ3) is 2.99. The average Bonchev–Trinajstić information content (AvgIpc) is 2.99. The first-order valence-corrected chi connectivity index (χ1v) is 5.98. The van der Waals surface area contributed by atoms with E-state index < -0.39 is 12.3 Å². The molecule has 0 fully saturated rings. The zero-order valence-electron chi connectivity index (χ0n) is 10.6. The molecule has 21 heavy (non-hydrogen) atoms. The molecule has 1 aromatic carbocycles. The van der Waals surface area contributed by atoms with E-state index in [0.717, 1.165) is 5.69 Å². The van der Waals surface area contributed by atoms with Crippen LogP contribution >= 0.6 is 0 Å². The first-order valence-electron chi connectivity index (χ1n) is 5.98. The van der Waals surface area contributed by atoms with Crippen LogP contribution in [0, 0.1) is 0 Å². The lowest BCUT2D eigenvalue weighted by Gasteiger charge is -2.04. The molecule has 0 saturated carbocycles. The van der Waals surface area contributed by atoms with Crippen LogP contribution in [0.5, 0.6) is 0 Å². The Bertz CT molecular complexity index is 715. The second-order valence-electron chi connectivity index (χ2n) is 4.02. The van der Waals surface area contributed by atoms with Gasteiger partial charge in [-0.3, -0.25) is 0 Å². The fraction of sp³-hybridized carbons (Fsp3) is 0.0769. The van der Waals surface area contributed by atoms with E-state index in [2.05, 4.69) is 25.5 Å². The van der Waals surface area contributed by atoms with Crippen LogP contribution in [0.3, 0.4) is 0 Å². The number of nitrogens with zero attached hydrogens (tertiary/aromatic N) is 4. The molecule has 0 aliphatic rings. The van der Waals surface area contributed by atoms with E-state index in [-0.39, 0.29) is 5.89 Å². The zero-order valence-corrected chi connectivity index (χ0v) is 10.6. The van der Waals surface area contributed by atoms with Gasteiger partial charge in [-0.2, -0.15) is 8.78 Å². The molecule has 0 atom stereocenters. The van der Waals surface area contributed by atoms with Crippen LogP contribution in [-0.2, 0) is 0 Å². The van der Waals surface area contributed by atoms with E-state index in [9.17, 15) is 8.78 Å². The van der Waals surface area contributed by atoms with Crippen molar-refractivity contribution in [2.24, 2.45) is 0 Å². The Labute approximate surface area is 117 Å². The lowest BCUT2D eigenvalue weighted by atomic mass is 10.2. The summed E-state index contributed by atoms with van der Waals surface area (Å²) in [5.41, 5.74) is 1.30. The molecule has 3 aromatic rings. The number of benzene rings is 1. The Morgan fingerprint density at radius 1 is 1.00 bits per heavy atom. The van der Waals surface area contributed by atoms with Gasteiger partial charge in [0.15, 0.2) is 0 Å². The molecule has 3 rings (SSSR count). The van der Waals surface area contributed by atoms with Crippen LogP contribution in [0.2, 0.25) is 0 Å². The zero-order chi connectivity index (χ0) is 14.7. The average molecular weight is 289 g/mol. The molecule has 0 bridgehead atoms. The normalized spacial score (nSPS) is 10.8. The second-order valence-corrected chi connectivity index (χ2v) is 4.02. The molecule has 0 unspecified atom stereocenters. The number of alkyl halides is 2. The van der Waals surface area contributed by atoms with Crippen molar-refractivity contribution in [2.45, 2.75) is 6.43 Å². The van der Waals surface area contributed by atoms with E-state index >= 15 is 0 Å². The predicted octanol–water partition coefficient (Wildman–Crippen LogP) is 3.21. The molecule has 0 amide bonds. The number of hydrogen-bond donors (Lipinski definition) is 1. The maximum Gasteiger partial charge on any atom is 0.314 e. The SMILES string of the molecule is FC(F)c1nnc(-c2ccc(Nc3ncccn3)cc2)o1. The van der Waals surface area contributed by atoms with E-state index in [1.807, 2.05) is 0 Å². The third-order valence-electron chi connectivity index (χ3n) is 2.58. The summed E-state index contributed by atoms with van der Waals surface area (Å²) in [4.78, 5) is 8.06. The molecular weight excluding hydrogens is 280 g/mol.